The lowest BCUT2D eigenvalue weighted by atomic mass is 9.99. The van der Waals surface area contributed by atoms with Gasteiger partial charge in [-0.15, -0.1) is 0 Å². The molecule has 0 aromatic heterocycles. The first-order valence-electron chi connectivity index (χ1n) is 4.88. The Labute approximate surface area is 95.8 Å². The molecule has 1 unspecified atom stereocenters. The van der Waals surface area contributed by atoms with Crippen molar-refractivity contribution in [3.8, 4) is 5.75 Å². The number of aliphatic carboxylic acids is 1. The molecule has 0 radical (unpaired) electrons. The van der Waals surface area contributed by atoms with Crippen molar-refractivity contribution in [1.29, 1.82) is 0 Å². The number of carboxylic acids is 1. The van der Waals surface area contributed by atoms with Crippen molar-refractivity contribution in [1.82, 2.24) is 0 Å². The smallest absolute Gasteiger partial charge is 0.406 e. The van der Waals surface area contributed by atoms with Crippen LogP contribution in [0.1, 0.15) is 18.4 Å². The summed E-state index contributed by atoms with van der Waals surface area (Å²) < 4.78 is 42.5. The first-order valence-corrected chi connectivity index (χ1v) is 4.88. The second-order valence-corrected chi connectivity index (χ2v) is 3.31. The second kappa shape index (κ2) is 5.07. The lowest BCUT2D eigenvalue weighted by molar-refractivity contribution is -0.176. The van der Waals surface area contributed by atoms with Crippen LogP contribution < -0.4 is 4.74 Å². The van der Waals surface area contributed by atoms with Gasteiger partial charge in [-0.2, -0.15) is 13.2 Å². The number of alkyl halides is 3. The number of carboxylic acid groups (broad SMARTS) is 1. The van der Waals surface area contributed by atoms with E-state index in [1.807, 2.05) is 0 Å². The van der Waals surface area contributed by atoms with Crippen LogP contribution in [0.3, 0.4) is 0 Å². The summed E-state index contributed by atoms with van der Waals surface area (Å²) >= 11 is 0. The topological polar surface area (TPSA) is 46.5 Å². The van der Waals surface area contributed by atoms with Crippen LogP contribution in [0.25, 0.3) is 0 Å². The van der Waals surface area contributed by atoms with Crippen LogP contribution in [0.5, 0.6) is 5.75 Å². The quantitative estimate of drug-likeness (QED) is 0.891. The molecule has 1 aromatic carbocycles. The molecule has 0 fully saturated rings. The fraction of sp³-hybridized carbons (Fsp3) is 0.364. The Morgan fingerprint density at radius 3 is 2.24 bits per heavy atom. The first-order chi connectivity index (χ1) is 7.86. The molecular formula is C11H11F3O3. The van der Waals surface area contributed by atoms with Gasteiger partial charge in [0.2, 0.25) is 0 Å². The predicted molar refractivity (Wildman–Crippen MR) is 54.0 cm³/mol. The molecule has 0 saturated heterocycles. The first kappa shape index (κ1) is 13.3. The van der Waals surface area contributed by atoms with E-state index in [-0.39, 0.29) is 5.56 Å². The number of benzene rings is 1. The van der Waals surface area contributed by atoms with Crippen molar-refractivity contribution in [2.45, 2.75) is 19.0 Å². The van der Waals surface area contributed by atoms with E-state index in [9.17, 15) is 18.0 Å². The zero-order valence-corrected chi connectivity index (χ0v) is 8.99. The molecule has 3 nitrogen and oxygen atoms in total. The molecule has 17 heavy (non-hydrogen) atoms. The number of ether oxygens (including phenoxy) is 1. The van der Waals surface area contributed by atoms with E-state index in [0.29, 0.717) is 12.4 Å². The minimum absolute atomic E-state index is 0.312. The van der Waals surface area contributed by atoms with E-state index in [1.165, 1.54) is 12.1 Å². The molecule has 0 heterocycles. The van der Waals surface area contributed by atoms with E-state index in [4.69, 9.17) is 9.84 Å². The maximum Gasteiger partial charge on any atom is 0.406 e. The number of halogens is 3. The van der Waals surface area contributed by atoms with Crippen LogP contribution in [0, 0.1) is 0 Å². The standard InChI is InChI=1S/C11H11F3O3/c1-2-17-8-5-3-7(4-6-8)9(10(15)16)11(12,13)14/h3-6,9H,2H2,1H3,(H,15,16). The fourth-order valence-electron chi connectivity index (χ4n) is 1.39. The summed E-state index contributed by atoms with van der Waals surface area (Å²) in [4.78, 5) is 10.6. The van der Waals surface area contributed by atoms with Crippen molar-refractivity contribution >= 4 is 5.97 Å². The molecule has 0 amide bonds. The highest BCUT2D eigenvalue weighted by atomic mass is 19.4. The van der Waals surface area contributed by atoms with Crippen molar-refractivity contribution in [2.24, 2.45) is 0 Å². The van der Waals surface area contributed by atoms with Gasteiger partial charge in [0.1, 0.15) is 5.75 Å². The van der Waals surface area contributed by atoms with Gasteiger partial charge < -0.3 is 9.84 Å². The normalized spacial score (nSPS) is 13.2. The highest BCUT2D eigenvalue weighted by molar-refractivity contribution is 5.77. The average Bonchev–Trinajstić information content (AvgIpc) is 2.18. The van der Waals surface area contributed by atoms with Crippen molar-refractivity contribution in [2.75, 3.05) is 6.61 Å². The summed E-state index contributed by atoms with van der Waals surface area (Å²) in [6, 6.07) is 4.86. The molecule has 94 valence electrons. The van der Waals surface area contributed by atoms with Gasteiger partial charge in [-0.1, -0.05) is 12.1 Å². The predicted octanol–water partition coefficient (Wildman–Crippen LogP) is 2.82. The van der Waals surface area contributed by atoms with Crippen LogP contribution in [0.15, 0.2) is 24.3 Å². The van der Waals surface area contributed by atoms with Crippen LogP contribution in [0.2, 0.25) is 0 Å². The summed E-state index contributed by atoms with van der Waals surface area (Å²) in [7, 11) is 0. The van der Waals surface area contributed by atoms with Gasteiger partial charge in [-0.05, 0) is 24.6 Å². The van der Waals surface area contributed by atoms with Gasteiger partial charge in [0.15, 0.2) is 5.92 Å². The van der Waals surface area contributed by atoms with Gasteiger partial charge in [-0.25, -0.2) is 0 Å². The zero-order valence-electron chi connectivity index (χ0n) is 8.99. The monoisotopic (exact) mass is 248 g/mol. The van der Waals surface area contributed by atoms with Crippen LogP contribution in [-0.2, 0) is 4.79 Å². The van der Waals surface area contributed by atoms with E-state index in [1.54, 1.807) is 6.92 Å². The molecule has 6 heteroatoms. The van der Waals surface area contributed by atoms with Gasteiger partial charge in [0.05, 0.1) is 6.61 Å². The molecule has 0 aliphatic rings. The Bertz CT molecular complexity index is 384. The third-order valence-corrected chi connectivity index (χ3v) is 2.10. The Kier molecular flexibility index (Phi) is 3.98. The molecule has 0 aliphatic heterocycles. The van der Waals surface area contributed by atoms with Crippen molar-refractivity contribution in [3.05, 3.63) is 29.8 Å². The van der Waals surface area contributed by atoms with E-state index in [2.05, 4.69) is 0 Å². The molecule has 0 aliphatic carbocycles. The lowest BCUT2D eigenvalue weighted by Crippen LogP contribution is -2.28. The highest BCUT2D eigenvalue weighted by Gasteiger charge is 2.46. The molecular weight excluding hydrogens is 237 g/mol. The maximum atomic E-state index is 12.5. The minimum atomic E-state index is -4.81. The summed E-state index contributed by atoms with van der Waals surface area (Å²) in [5.41, 5.74) is -0.312. The van der Waals surface area contributed by atoms with Crippen LogP contribution >= 0.6 is 0 Å². The largest absolute Gasteiger partial charge is 0.494 e. The second-order valence-electron chi connectivity index (χ2n) is 3.31. The van der Waals surface area contributed by atoms with Gasteiger partial charge in [0, 0.05) is 0 Å². The molecule has 1 N–H and O–H groups in total. The Balaban J connectivity index is 3.00. The van der Waals surface area contributed by atoms with Gasteiger partial charge in [0.25, 0.3) is 0 Å². The average molecular weight is 248 g/mol. The van der Waals surface area contributed by atoms with E-state index < -0.39 is 18.1 Å². The Hall–Kier alpha value is -1.72. The molecule has 0 bridgehead atoms. The van der Waals surface area contributed by atoms with Gasteiger partial charge in [-0.3, -0.25) is 4.79 Å². The van der Waals surface area contributed by atoms with Crippen molar-refractivity contribution in [3.63, 3.8) is 0 Å². The number of carbonyl (C=O) groups is 1. The highest BCUT2D eigenvalue weighted by Crippen LogP contribution is 2.35. The Morgan fingerprint density at radius 2 is 1.88 bits per heavy atom. The molecule has 0 spiro atoms. The maximum absolute atomic E-state index is 12.5. The number of hydrogen-bond donors (Lipinski definition) is 1. The zero-order chi connectivity index (χ0) is 13.1. The number of hydrogen-bond acceptors (Lipinski definition) is 2. The molecule has 0 saturated carbocycles. The summed E-state index contributed by atoms with van der Waals surface area (Å²) in [5, 5.41) is 8.58. The Morgan fingerprint density at radius 1 is 1.35 bits per heavy atom. The molecule has 1 atom stereocenters. The van der Waals surface area contributed by atoms with E-state index >= 15 is 0 Å². The third kappa shape index (κ3) is 3.37. The fourth-order valence-corrected chi connectivity index (χ4v) is 1.39. The van der Waals surface area contributed by atoms with Gasteiger partial charge >= 0.3 is 12.1 Å². The van der Waals surface area contributed by atoms with E-state index in [0.717, 1.165) is 12.1 Å². The van der Waals surface area contributed by atoms with Crippen LogP contribution in [-0.4, -0.2) is 23.9 Å². The SMILES string of the molecule is CCOc1ccc(C(C(=O)O)C(F)(F)F)cc1. The van der Waals surface area contributed by atoms with Crippen LogP contribution in [0.4, 0.5) is 13.2 Å². The van der Waals surface area contributed by atoms with Crippen molar-refractivity contribution < 1.29 is 27.8 Å². The lowest BCUT2D eigenvalue weighted by Gasteiger charge is -2.16. The summed E-state index contributed by atoms with van der Waals surface area (Å²) in [6.45, 7) is 2.13. The third-order valence-electron chi connectivity index (χ3n) is 2.10. The molecule has 1 aromatic rings. The minimum Gasteiger partial charge on any atom is -0.494 e. The molecule has 1 rings (SSSR count). The summed E-state index contributed by atoms with van der Waals surface area (Å²) in [5.74, 6) is -4.01. The number of rotatable bonds is 4. The summed E-state index contributed by atoms with van der Waals surface area (Å²) in [6.07, 6.45) is -4.81.